The number of carbonyl (C=O) groups is 1. The van der Waals surface area contributed by atoms with Gasteiger partial charge in [-0.3, -0.25) is 0 Å². The molecule has 0 amide bonds. The van der Waals surface area contributed by atoms with Gasteiger partial charge in [-0.2, -0.15) is 13.2 Å². The smallest absolute Gasteiger partial charge is 0.416 e. The molecule has 0 aliphatic rings. The second-order valence-corrected chi connectivity index (χ2v) is 4.93. The van der Waals surface area contributed by atoms with Crippen LogP contribution in [0, 0.1) is 0 Å². The highest BCUT2D eigenvalue weighted by atomic mass is 35.5. The predicted molar refractivity (Wildman–Crippen MR) is 78.4 cm³/mol. The molecule has 6 heteroatoms. The van der Waals surface area contributed by atoms with Crippen LogP contribution in [0.3, 0.4) is 0 Å². The summed E-state index contributed by atoms with van der Waals surface area (Å²) in [5, 5.41) is 9.70. The Bertz CT molecular complexity index is 719. The van der Waals surface area contributed by atoms with Gasteiger partial charge >= 0.3 is 12.1 Å². The molecule has 2 nitrogen and oxygen atoms in total. The van der Waals surface area contributed by atoms with Gasteiger partial charge in [-0.15, -0.1) is 0 Å². The van der Waals surface area contributed by atoms with Crippen LogP contribution >= 0.6 is 11.6 Å². The number of hydrogen-bond acceptors (Lipinski definition) is 1. The molecule has 0 fully saturated rings. The average Bonchev–Trinajstić information content (AvgIpc) is 2.45. The maximum absolute atomic E-state index is 12.7. The summed E-state index contributed by atoms with van der Waals surface area (Å²) in [5.41, 5.74) is -0.436. The molecule has 0 radical (unpaired) electrons. The van der Waals surface area contributed by atoms with Crippen molar-refractivity contribution in [3.8, 4) is 0 Å². The first-order valence-corrected chi connectivity index (χ1v) is 6.53. The van der Waals surface area contributed by atoms with E-state index in [1.807, 2.05) is 0 Å². The Morgan fingerprint density at radius 2 is 1.73 bits per heavy atom. The highest BCUT2D eigenvalue weighted by molar-refractivity contribution is 6.30. The van der Waals surface area contributed by atoms with Gasteiger partial charge in [-0.25, -0.2) is 4.79 Å². The van der Waals surface area contributed by atoms with Crippen molar-refractivity contribution in [3.63, 3.8) is 0 Å². The van der Waals surface area contributed by atoms with Gasteiger partial charge < -0.3 is 5.11 Å². The van der Waals surface area contributed by atoms with E-state index in [9.17, 15) is 23.1 Å². The molecule has 0 aliphatic carbocycles. The van der Waals surface area contributed by atoms with E-state index in [1.54, 1.807) is 0 Å². The normalized spacial score (nSPS) is 12.3. The molecule has 1 N–H and O–H groups in total. The van der Waals surface area contributed by atoms with E-state index in [1.165, 1.54) is 42.5 Å². The van der Waals surface area contributed by atoms with E-state index in [0.717, 1.165) is 12.1 Å². The number of halogens is 4. The van der Waals surface area contributed by atoms with Gasteiger partial charge in [-0.1, -0.05) is 35.9 Å². The molecular weight excluding hydrogens is 317 g/mol. The summed E-state index contributed by atoms with van der Waals surface area (Å²) in [6, 6.07) is 10.5. The van der Waals surface area contributed by atoms with Gasteiger partial charge in [0, 0.05) is 5.02 Å². The zero-order chi connectivity index (χ0) is 16.3. The molecule has 0 bridgehead atoms. The molecule has 0 aliphatic heterocycles. The van der Waals surface area contributed by atoms with Gasteiger partial charge in [-0.05, 0) is 41.5 Å². The molecule has 0 saturated heterocycles. The van der Waals surface area contributed by atoms with Crippen LogP contribution in [0.15, 0.2) is 48.5 Å². The monoisotopic (exact) mass is 326 g/mol. The number of rotatable bonds is 3. The quantitative estimate of drug-likeness (QED) is 0.637. The molecule has 0 atom stereocenters. The largest absolute Gasteiger partial charge is 0.478 e. The Morgan fingerprint density at radius 3 is 2.27 bits per heavy atom. The number of carboxylic acids is 1. The van der Waals surface area contributed by atoms with Crippen molar-refractivity contribution in [1.82, 2.24) is 0 Å². The molecule has 0 spiro atoms. The topological polar surface area (TPSA) is 37.3 Å². The highest BCUT2D eigenvalue weighted by Crippen LogP contribution is 2.30. The number of alkyl halides is 3. The third kappa shape index (κ3) is 3.89. The van der Waals surface area contributed by atoms with Crippen LogP contribution in [0.2, 0.25) is 5.02 Å². The van der Waals surface area contributed by atoms with E-state index < -0.39 is 17.7 Å². The van der Waals surface area contributed by atoms with E-state index in [0.29, 0.717) is 10.6 Å². The predicted octanol–water partition coefficient (Wildman–Crippen LogP) is 4.98. The molecule has 0 unspecified atom stereocenters. The second kappa shape index (κ2) is 6.23. The zero-order valence-electron chi connectivity index (χ0n) is 11.1. The van der Waals surface area contributed by atoms with Crippen molar-refractivity contribution >= 4 is 29.2 Å². The Morgan fingerprint density at radius 1 is 1.09 bits per heavy atom. The van der Waals surface area contributed by atoms with Crippen molar-refractivity contribution in [2.75, 3.05) is 0 Å². The lowest BCUT2D eigenvalue weighted by Gasteiger charge is -2.08. The summed E-state index contributed by atoms with van der Waals surface area (Å²) in [6.45, 7) is 0. The maximum Gasteiger partial charge on any atom is 0.416 e. The molecule has 0 aromatic heterocycles. The molecule has 2 rings (SSSR count). The summed E-state index contributed by atoms with van der Waals surface area (Å²) in [4.78, 5) is 11.3. The van der Waals surface area contributed by atoms with Crippen molar-refractivity contribution in [3.05, 3.63) is 70.2 Å². The van der Waals surface area contributed by atoms with Gasteiger partial charge in [0.25, 0.3) is 0 Å². The first-order valence-electron chi connectivity index (χ1n) is 6.15. The van der Waals surface area contributed by atoms with E-state index in [4.69, 9.17) is 11.6 Å². The number of hydrogen-bond donors (Lipinski definition) is 1. The Hall–Kier alpha value is -2.27. The standard InChI is InChI=1S/C16H10ClF3O2/c17-13-6-4-11(5-7-13)14(15(21)22)9-10-2-1-3-12(8-10)16(18,19)20/h1-9H,(H,21,22)/b14-9-. The molecule has 114 valence electrons. The molecular formula is C16H10ClF3O2. The summed E-state index contributed by atoms with van der Waals surface area (Å²) in [5.74, 6) is -1.24. The molecule has 0 heterocycles. The Kier molecular flexibility index (Phi) is 4.56. The molecule has 22 heavy (non-hydrogen) atoms. The third-order valence-electron chi connectivity index (χ3n) is 2.91. The minimum Gasteiger partial charge on any atom is -0.478 e. The fourth-order valence-corrected chi connectivity index (χ4v) is 2.00. The lowest BCUT2D eigenvalue weighted by Crippen LogP contribution is -2.05. The fraction of sp³-hybridized carbons (Fsp3) is 0.0625. The SMILES string of the molecule is O=C(O)/C(=C\c1cccc(C(F)(F)F)c1)c1ccc(Cl)cc1. The maximum atomic E-state index is 12.7. The first kappa shape index (κ1) is 16.1. The average molecular weight is 327 g/mol. The van der Waals surface area contributed by atoms with Crippen LogP contribution in [0.25, 0.3) is 11.6 Å². The van der Waals surface area contributed by atoms with Crippen LogP contribution in [0.1, 0.15) is 16.7 Å². The lowest BCUT2D eigenvalue weighted by atomic mass is 10.0. The zero-order valence-corrected chi connectivity index (χ0v) is 11.8. The van der Waals surface area contributed by atoms with E-state index in [-0.39, 0.29) is 11.1 Å². The Labute approximate surface area is 129 Å². The van der Waals surface area contributed by atoms with Gasteiger partial charge in [0.05, 0.1) is 11.1 Å². The fourth-order valence-electron chi connectivity index (χ4n) is 1.87. The Balaban J connectivity index is 2.47. The number of aliphatic carboxylic acids is 1. The van der Waals surface area contributed by atoms with Gasteiger partial charge in [0.2, 0.25) is 0 Å². The summed E-state index contributed by atoms with van der Waals surface area (Å²) < 4.78 is 38.0. The molecule has 2 aromatic rings. The number of benzene rings is 2. The second-order valence-electron chi connectivity index (χ2n) is 4.49. The van der Waals surface area contributed by atoms with Crippen molar-refractivity contribution < 1.29 is 23.1 Å². The van der Waals surface area contributed by atoms with Crippen LogP contribution in [0.5, 0.6) is 0 Å². The third-order valence-corrected chi connectivity index (χ3v) is 3.16. The van der Waals surface area contributed by atoms with Crippen LogP contribution < -0.4 is 0 Å². The van der Waals surface area contributed by atoms with Crippen molar-refractivity contribution in [2.45, 2.75) is 6.18 Å². The molecule has 0 saturated carbocycles. The molecule has 2 aromatic carbocycles. The minimum atomic E-state index is -4.48. The summed E-state index contributed by atoms with van der Waals surface area (Å²) >= 11 is 5.74. The van der Waals surface area contributed by atoms with Gasteiger partial charge in [0.1, 0.15) is 0 Å². The highest BCUT2D eigenvalue weighted by Gasteiger charge is 2.30. The van der Waals surface area contributed by atoms with Crippen LogP contribution in [-0.4, -0.2) is 11.1 Å². The summed E-state index contributed by atoms with van der Waals surface area (Å²) in [6.07, 6.45) is -3.28. The van der Waals surface area contributed by atoms with E-state index in [2.05, 4.69) is 0 Å². The lowest BCUT2D eigenvalue weighted by molar-refractivity contribution is -0.137. The van der Waals surface area contributed by atoms with Crippen LogP contribution in [-0.2, 0) is 11.0 Å². The van der Waals surface area contributed by atoms with Gasteiger partial charge in [0.15, 0.2) is 0 Å². The minimum absolute atomic E-state index is 0.115. The number of carboxylic acid groups (broad SMARTS) is 1. The van der Waals surface area contributed by atoms with Crippen molar-refractivity contribution in [1.29, 1.82) is 0 Å². The summed E-state index contributed by atoms with van der Waals surface area (Å²) in [7, 11) is 0. The first-order chi connectivity index (χ1) is 10.3. The van der Waals surface area contributed by atoms with Crippen LogP contribution in [0.4, 0.5) is 13.2 Å². The van der Waals surface area contributed by atoms with Crippen molar-refractivity contribution in [2.24, 2.45) is 0 Å². The van der Waals surface area contributed by atoms with E-state index >= 15 is 0 Å².